The minimum atomic E-state index is -0.702. The third-order valence-electron chi connectivity index (χ3n) is 5.50. The Morgan fingerprint density at radius 3 is 2.65 bits per heavy atom. The molecule has 2 amide bonds. The standard InChI is InChI=1S/C24H32N4O3/c1-3-27(4-2)17-10-16-25-21(29)14-9-18-28-23-20(13-8-15-26-23)31-22(24(28)30)19-11-6-5-7-12-19/h5-8,11-13,15,22H,3-4,9-10,14,16-18H2,1-2H3,(H,25,29)/t22-/m1/s1. The van der Waals surface area contributed by atoms with Gasteiger partial charge in [0.15, 0.2) is 11.6 Å². The van der Waals surface area contributed by atoms with Crippen LogP contribution < -0.4 is 15.0 Å². The number of benzene rings is 1. The van der Waals surface area contributed by atoms with Crippen molar-refractivity contribution in [1.82, 2.24) is 15.2 Å². The van der Waals surface area contributed by atoms with Gasteiger partial charge in [0.1, 0.15) is 0 Å². The zero-order valence-corrected chi connectivity index (χ0v) is 18.4. The number of rotatable bonds is 11. The van der Waals surface area contributed by atoms with Crippen LogP contribution in [0.4, 0.5) is 5.82 Å². The lowest BCUT2D eigenvalue weighted by atomic mass is 10.1. The number of aromatic nitrogens is 1. The molecule has 2 aromatic rings. The van der Waals surface area contributed by atoms with Crippen LogP contribution in [-0.4, -0.2) is 54.4 Å². The Hall–Kier alpha value is -2.93. The van der Waals surface area contributed by atoms with E-state index in [0.717, 1.165) is 31.6 Å². The number of nitrogens with zero attached hydrogens (tertiary/aromatic N) is 3. The van der Waals surface area contributed by atoms with Crippen LogP contribution in [-0.2, 0) is 9.59 Å². The van der Waals surface area contributed by atoms with Crippen molar-refractivity contribution in [3.05, 3.63) is 54.2 Å². The molecule has 7 nitrogen and oxygen atoms in total. The maximum atomic E-state index is 13.2. The summed E-state index contributed by atoms with van der Waals surface area (Å²) in [6.07, 6.45) is 2.81. The predicted molar refractivity (Wildman–Crippen MR) is 121 cm³/mol. The molecular weight excluding hydrogens is 392 g/mol. The van der Waals surface area contributed by atoms with Gasteiger partial charge >= 0.3 is 0 Å². The van der Waals surface area contributed by atoms with Crippen LogP contribution in [0.25, 0.3) is 0 Å². The third kappa shape index (κ3) is 6.04. The predicted octanol–water partition coefficient (Wildman–Crippen LogP) is 3.18. The molecule has 1 aromatic carbocycles. The Morgan fingerprint density at radius 2 is 1.90 bits per heavy atom. The van der Waals surface area contributed by atoms with E-state index in [1.54, 1.807) is 17.2 Å². The van der Waals surface area contributed by atoms with Crippen LogP contribution in [0.5, 0.6) is 5.75 Å². The molecule has 1 aromatic heterocycles. The molecule has 0 saturated carbocycles. The molecule has 7 heteroatoms. The van der Waals surface area contributed by atoms with Crippen LogP contribution in [0.2, 0.25) is 0 Å². The molecule has 1 aliphatic rings. The summed E-state index contributed by atoms with van der Waals surface area (Å²) in [6.45, 7) is 8.41. The zero-order chi connectivity index (χ0) is 22.1. The maximum Gasteiger partial charge on any atom is 0.274 e. The largest absolute Gasteiger partial charge is 0.472 e. The third-order valence-corrected chi connectivity index (χ3v) is 5.50. The first-order valence-corrected chi connectivity index (χ1v) is 11.1. The summed E-state index contributed by atoms with van der Waals surface area (Å²) in [5, 5.41) is 2.98. The van der Waals surface area contributed by atoms with Crippen LogP contribution in [0.15, 0.2) is 48.7 Å². The van der Waals surface area contributed by atoms with Crippen molar-refractivity contribution in [1.29, 1.82) is 0 Å². The smallest absolute Gasteiger partial charge is 0.274 e. The summed E-state index contributed by atoms with van der Waals surface area (Å²) in [7, 11) is 0. The van der Waals surface area contributed by atoms with E-state index in [1.165, 1.54) is 0 Å². The summed E-state index contributed by atoms with van der Waals surface area (Å²) >= 11 is 0. The molecule has 1 atom stereocenters. The fourth-order valence-electron chi connectivity index (χ4n) is 3.71. The van der Waals surface area contributed by atoms with Crippen LogP contribution in [0.3, 0.4) is 0 Å². The lowest BCUT2D eigenvalue weighted by Crippen LogP contribution is -2.42. The van der Waals surface area contributed by atoms with Gasteiger partial charge in [-0.3, -0.25) is 14.5 Å². The lowest BCUT2D eigenvalue weighted by molar-refractivity contribution is -0.127. The van der Waals surface area contributed by atoms with Crippen molar-refractivity contribution in [2.24, 2.45) is 0 Å². The van der Waals surface area contributed by atoms with E-state index >= 15 is 0 Å². The molecule has 1 aliphatic heterocycles. The Kier molecular flexibility index (Phi) is 8.41. The highest BCUT2D eigenvalue weighted by atomic mass is 16.5. The Morgan fingerprint density at radius 1 is 1.13 bits per heavy atom. The number of hydrogen-bond acceptors (Lipinski definition) is 5. The lowest BCUT2D eigenvalue weighted by Gasteiger charge is -2.33. The molecule has 0 spiro atoms. The average molecular weight is 425 g/mol. The summed E-state index contributed by atoms with van der Waals surface area (Å²) in [5.41, 5.74) is 0.804. The highest BCUT2D eigenvalue weighted by molar-refractivity contribution is 5.99. The number of amides is 2. The molecule has 0 unspecified atom stereocenters. The first kappa shape index (κ1) is 22.7. The van der Waals surface area contributed by atoms with Crippen molar-refractivity contribution in [2.75, 3.05) is 37.6 Å². The van der Waals surface area contributed by atoms with E-state index in [2.05, 4.69) is 29.0 Å². The first-order chi connectivity index (χ1) is 15.1. The molecule has 0 aliphatic carbocycles. The summed E-state index contributed by atoms with van der Waals surface area (Å²) in [4.78, 5) is 33.7. The number of hydrogen-bond donors (Lipinski definition) is 1. The average Bonchev–Trinajstić information content (AvgIpc) is 2.81. The Balaban J connectivity index is 1.54. The van der Waals surface area contributed by atoms with Crippen LogP contribution in [0, 0.1) is 0 Å². The molecule has 0 bridgehead atoms. The van der Waals surface area contributed by atoms with Crippen molar-refractivity contribution >= 4 is 17.6 Å². The number of carbonyl (C=O) groups is 2. The molecule has 2 heterocycles. The molecule has 31 heavy (non-hydrogen) atoms. The van der Waals surface area contributed by atoms with E-state index in [9.17, 15) is 9.59 Å². The van der Waals surface area contributed by atoms with Gasteiger partial charge in [-0.05, 0) is 44.6 Å². The van der Waals surface area contributed by atoms with Gasteiger partial charge in [-0.2, -0.15) is 0 Å². The SMILES string of the molecule is CCN(CC)CCCNC(=O)CCCN1C(=O)[C@@H](c2ccccc2)Oc2cccnc21. The van der Waals surface area contributed by atoms with E-state index in [1.807, 2.05) is 36.4 Å². The van der Waals surface area contributed by atoms with Crippen molar-refractivity contribution in [3.63, 3.8) is 0 Å². The second kappa shape index (κ2) is 11.5. The zero-order valence-electron chi connectivity index (χ0n) is 18.4. The molecular formula is C24H32N4O3. The van der Waals surface area contributed by atoms with E-state index < -0.39 is 6.10 Å². The summed E-state index contributed by atoms with van der Waals surface area (Å²) in [6, 6.07) is 13.1. The fraction of sp³-hybridized carbons (Fsp3) is 0.458. The minimum absolute atomic E-state index is 0.0149. The van der Waals surface area contributed by atoms with Crippen molar-refractivity contribution in [3.8, 4) is 5.75 Å². The number of nitrogens with one attached hydrogen (secondary N) is 1. The van der Waals surface area contributed by atoms with Gasteiger partial charge in [0, 0.05) is 31.3 Å². The van der Waals surface area contributed by atoms with E-state index in [4.69, 9.17) is 4.74 Å². The highest BCUT2D eigenvalue weighted by Gasteiger charge is 2.36. The van der Waals surface area contributed by atoms with Crippen LogP contribution in [0.1, 0.15) is 44.8 Å². The summed E-state index contributed by atoms with van der Waals surface area (Å²) in [5.74, 6) is 0.953. The molecule has 1 N–H and O–H groups in total. The Bertz CT molecular complexity index is 855. The quantitative estimate of drug-likeness (QED) is 0.561. The Labute approximate surface area is 184 Å². The monoisotopic (exact) mass is 424 g/mol. The van der Waals surface area contributed by atoms with Gasteiger partial charge in [0.05, 0.1) is 0 Å². The van der Waals surface area contributed by atoms with Crippen molar-refractivity contribution in [2.45, 2.75) is 39.2 Å². The highest BCUT2D eigenvalue weighted by Crippen LogP contribution is 2.37. The summed E-state index contributed by atoms with van der Waals surface area (Å²) < 4.78 is 5.95. The number of pyridine rings is 1. The van der Waals surface area contributed by atoms with Crippen LogP contribution >= 0.6 is 0 Å². The number of fused-ring (bicyclic) bond motifs is 1. The number of carbonyl (C=O) groups excluding carboxylic acids is 2. The second-order valence-electron chi connectivity index (χ2n) is 7.56. The molecule has 0 fully saturated rings. The van der Waals surface area contributed by atoms with E-state index in [-0.39, 0.29) is 11.8 Å². The first-order valence-electron chi connectivity index (χ1n) is 11.1. The topological polar surface area (TPSA) is 74.8 Å². The molecule has 0 radical (unpaired) electrons. The van der Waals surface area contributed by atoms with E-state index in [0.29, 0.717) is 37.5 Å². The van der Waals surface area contributed by atoms with Gasteiger partial charge in [0.2, 0.25) is 12.0 Å². The van der Waals surface area contributed by atoms with Gasteiger partial charge < -0.3 is 15.0 Å². The second-order valence-corrected chi connectivity index (χ2v) is 7.56. The molecule has 0 saturated heterocycles. The molecule has 3 rings (SSSR count). The van der Waals surface area contributed by atoms with Gasteiger partial charge in [-0.15, -0.1) is 0 Å². The van der Waals surface area contributed by atoms with Crippen molar-refractivity contribution < 1.29 is 14.3 Å². The van der Waals surface area contributed by atoms with Gasteiger partial charge in [-0.1, -0.05) is 44.2 Å². The number of anilines is 1. The van der Waals surface area contributed by atoms with Gasteiger partial charge in [-0.25, -0.2) is 4.98 Å². The van der Waals surface area contributed by atoms with Gasteiger partial charge in [0.25, 0.3) is 5.91 Å². The minimum Gasteiger partial charge on any atom is -0.472 e. The fourth-order valence-corrected chi connectivity index (χ4v) is 3.71. The maximum absolute atomic E-state index is 13.2. The normalized spacial score (nSPS) is 15.5. The molecule has 166 valence electrons. The number of ether oxygens (including phenoxy) is 1.